The summed E-state index contributed by atoms with van der Waals surface area (Å²) < 4.78 is 16.1. The van der Waals surface area contributed by atoms with E-state index in [2.05, 4.69) is 4.99 Å². The average molecular weight is 400 g/mol. The first-order valence-electron chi connectivity index (χ1n) is 9.45. The van der Waals surface area contributed by atoms with E-state index in [1.807, 2.05) is 12.1 Å². The van der Waals surface area contributed by atoms with E-state index < -0.39 is 46.9 Å². The van der Waals surface area contributed by atoms with Crippen LogP contribution in [0.4, 0.5) is 0 Å². The lowest BCUT2D eigenvalue weighted by Gasteiger charge is -2.55. The van der Waals surface area contributed by atoms with Crippen molar-refractivity contribution < 1.29 is 33.7 Å². The maximum absolute atomic E-state index is 13.5. The Balaban J connectivity index is 1.82. The summed E-state index contributed by atoms with van der Waals surface area (Å²) in [4.78, 5) is 44.7. The summed E-state index contributed by atoms with van der Waals surface area (Å²) in [6.07, 6.45) is 0.0767. The molecule has 0 aliphatic carbocycles. The number of amides is 1. The van der Waals surface area contributed by atoms with Gasteiger partial charge in [0, 0.05) is 6.42 Å². The van der Waals surface area contributed by atoms with E-state index in [-0.39, 0.29) is 18.7 Å². The summed E-state index contributed by atoms with van der Waals surface area (Å²) in [7, 11) is 1.19. The Kier molecular flexibility index (Phi) is 3.42. The van der Waals surface area contributed by atoms with E-state index in [1.54, 1.807) is 19.1 Å². The molecule has 1 N–H and O–H groups in total. The monoisotopic (exact) mass is 400 g/mol. The minimum Gasteiger partial charge on any atom is -0.466 e. The molecule has 1 aromatic rings. The predicted molar refractivity (Wildman–Crippen MR) is 96.6 cm³/mol. The number of ether oxygens (including phenoxy) is 3. The van der Waals surface area contributed by atoms with Crippen LogP contribution in [0.1, 0.15) is 43.4 Å². The number of fused-ring (bicyclic) bond motifs is 4. The highest BCUT2D eigenvalue weighted by atomic mass is 16.6. The molecule has 0 saturated carbocycles. The molecule has 4 aliphatic rings. The third-order valence-electron chi connectivity index (χ3n) is 6.48. The van der Waals surface area contributed by atoms with Crippen molar-refractivity contribution >= 4 is 23.6 Å². The zero-order valence-electron chi connectivity index (χ0n) is 16.2. The zero-order valence-corrected chi connectivity index (χ0v) is 16.2. The maximum atomic E-state index is 13.5. The Hall–Kier alpha value is -2.78. The van der Waals surface area contributed by atoms with E-state index >= 15 is 0 Å². The molecule has 2 saturated heterocycles. The fourth-order valence-electron chi connectivity index (χ4n) is 5.28. The number of benzene rings is 1. The van der Waals surface area contributed by atoms with Crippen molar-refractivity contribution in [3.8, 4) is 0 Å². The number of hydrogen-bond acceptors (Lipinski definition) is 8. The molecule has 9 nitrogen and oxygen atoms in total. The van der Waals surface area contributed by atoms with Gasteiger partial charge in [-0.1, -0.05) is 24.3 Å². The van der Waals surface area contributed by atoms with Gasteiger partial charge in [-0.15, -0.1) is 0 Å². The number of aliphatic hydroxyl groups is 1. The van der Waals surface area contributed by atoms with Crippen LogP contribution >= 0.6 is 0 Å². The van der Waals surface area contributed by atoms with Crippen molar-refractivity contribution in [3.05, 3.63) is 35.4 Å². The molecule has 9 heteroatoms. The Morgan fingerprint density at radius 2 is 2.00 bits per heavy atom. The van der Waals surface area contributed by atoms with Crippen LogP contribution in [0.25, 0.3) is 0 Å². The van der Waals surface area contributed by atoms with Crippen molar-refractivity contribution in [2.75, 3.05) is 13.7 Å². The van der Waals surface area contributed by atoms with E-state index in [0.29, 0.717) is 5.56 Å². The van der Waals surface area contributed by atoms with Crippen LogP contribution in [-0.4, -0.2) is 64.3 Å². The van der Waals surface area contributed by atoms with Gasteiger partial charge in [0.1, 0.15) is 6.04 Å². The van der Waals surface area contributed by atoms with Gasteiger partial charge < -0.3 is 19.3 Å². The van der Waals surface area contributed by atoms with Crippen LogP contribution in [0.3, 0.4) is 0 Å². The smallest absolute Gasteiger partial charge is 0.348 e. The number of nitrogens with zero attached hydrogens (tertiary/aromatic N) is 2. The van der Waals surface area contributed by atoms with Crippen molar-refractivity contribution in [3.63, 3.8) is 0 Å². The number of methoxy groups -OCH3 is 1. The number of hydrogen-bond donors (Lipinski definition) is 1. The number of carbonyl (C=O) groups excluding carboxylic acids is 3. The Morgan fingerprint density at radius 1 is 1.31 bits per heavy atom. The lowest BCUT2D eigenvalue weighted by molar-refractivity contribution is -0.187. The minimum atomic E-state index is -2.21. The first-order chi connectivity index (χ1) is 13.8. The number of rotatable bonds is 3. The summed E-state index contributed by atoms with van der Waals surface area (Å²) in [6, 6.07) is 6.06. The summed E-state index contributed by atoms with van der Waals surface area (Å²) in [6.45, 7) is 3.18. The second kappa shape index (κ2) is 5.43. The molecule has 1 aromatic carbocycles. The quantitative estimate of drug-likeness (QED) is 0.578. The molecule has 1 amide bonds. The molecule has 0 unspecified atom stereocenters. The standard InChI is InChI=1S/C20H20N2O7/c1-4-28-17(25)19(26)10(2)21-20-13-9-18(29-20,16(24)27-3)15(23)22(20)14(19)12-8-6-5-7-11(12)13/h5-8,13-14,26H,4,9H2,1-3H3/t13-,14+,18+,19-,20+/m0/s1. The van der Waals surface area contributed by atoms with Crippen LogP contribution < -0.4 is 0 Å². The topological polar surface area (TPSA) is 115 Å². The van der Waals surface area contributed by atoms with E-state index in [9.17, 15) is 19.5 Å². The summed E-state index contributed by atoms with van der Waals surface area (Å²) in [5.41, 5.74) is -2.61. The molecule has 0 radical (unpaired) electrons. The molecule has 5 rings (SSSR count). The number of aliphatic imine (C=N–C) groups is 1. The Bertz CT molecular complexity index is 1010. The molecule has 1 spiro atoms. The molecule has 2 fully saturated rings. The largest absolute Gasteiger partial charge is 0.466 e. The Labute approximate surface area is 166 Å². The number of esters is 2. The second-order valence-electron chi connectivity index (χ2n) is 7.73. The highest BCUT2D eigenvalue weighted by molar-refractivity contribution is 6.15. The second-order valence-corrected chi connectivity index (χ2v) is 7.73. The molecular weight excluding hydrogens is 380 g/mol. The first kappa shape index (κ1) is 18.3. The van der Waals surface area contributed by atoms with Gasteiger partial charge in [-0.05, 0) is 25.0 Å². The Morgan fingerprint density at radius 3 is 2.66 bits per heavy atom. The number of carbonyl (C=O) groups is 3. The van der Waals surface area contributed by atoms with Gasteiger partial charge in [0.05, 0.1) is 25.3 Å². The molecule has 152 valence electrons. The molecule has 4 heterocycles. The highest BCUT2D eigenvalue weighted by Crippen LogP contribution is 2.66. The lowest BCUT2D eigenvalue weighted by Crippen LogP contribution is -2.70. The van der Waals surface area contributed by atoms with Crippen LogP contribution in [-0.2, 0) is 28.6 Å². The van der Waals surface area contributed by atoms with Crippen molar-refractivity contribution in [1.29, 1.82) is 0 Å². The molecule has 5 atom stereocenters. The minimum absolute atomic E-state index is 0.0487. The molecule has 4 aliphatic heterocycles. The van der Waals surface area contributed by atoms with Crippen LogP contribution in [0, 0.1) is 0 Å². The molecular formula is C20H20N2O7. The summed E-state index contributed by atoms with van der Waals surface area (Å²) in [5.74, 6) is -4.33. The van der Waals surface area contributed by atoms with Crippen molar-refractivity contribution in [2.24, 2.45) is 4.99 Å². The fourth-order valence-corrected chi connectivity index (χ4v) is 5.28. The normalized spacial score (nSPS) is 38.4. The van der Waals surface area contributed by atoms with Gasteiger partial charge in [-0.2, -0.15) is 0 Å². The summed E-state index contributed by atoms with van der Waals surface area (Å²) in [5, 5.41) is 11.6. The number of piperidine rings is 1. The van der Waals surface area contributed by atoms with Crippen LogP contribution in [0.5, 0.6) is 0 Å². The van der Waals surface area contributed by atoms with Crippen LogP contribution in [0.2, 0.25) is 0 Å². The maximum Gasteiger partial charge on any atom is 0.348 e. The van der Waals surface area contributed by atoms with Gasteiger partial charge in [0.25, 0.3) is 11.8 Å². The van der Waals surface area contributed by atoms with Gasteiger partial charge in [-0.25, -0.2) is 14.6 Å². The van der Waals surface area contributed by atoms with Gasteiger partial charge in [0.2, 0.25) is 11.2 Å². The van der Waals surface area contributed by atoms with Crippen molar-refractivity contribution in [2.45, 2.75) is 49.3 Å². The molecule has 0 aromatic heterocycles. The van der Waals surface area contributed by atoms with Crippen molar-refractivity contribution in [1.82, 2.24) is 4.90 Å². The third-order valence-corrected chi connectivity index (χ3v) is 6.48. The summed E-state index contributed by atoms with van der Waals surface area (Å²) >= 11 is 0. The van der Waals surface area contributed by atoms with Gasteiger partial charge in [-0.3, -0.25) is 9.69 Å². The van der Waals surface area contributed by atoms with E-state index in [0.717, 1.165) is 5.56 Å². The fraction of sp³-hybridized carbons (Fsp3) is 0.500. The molecule has 3 bridgehead atoms. The third kappa shape index (κ3) is 1.79. The van der Waals surface area contributed by atoms with Gasteiger partial charge >= 0.3 is 11.9 Å². The highest BCUT2D eigenvalue weighted by Gasteiger charge is 2.82. The van der Waals surface area contributed by atoms with Crippen LogP contribution in [0.15, 0.2) is 29.3 Å². The van der Waals surface area contributed by atoms with E-state index in [1.165, 1.54) is 18.9 Å². The zero-order chi connectivity index (χ0) is 20.8. The van der Waals surface area contributed by atoms with Gasteiger partial charge in [0.15, 0.2) is 0 Å². The predicted octanol–water partition coefficient (Wildman–Crippen LogP) is 0.422. The van der Waals surface area contributed by atoms with E-state index in [4.69, 9.17) is 14.2 Å². The SMILES string of the molecule is CCOC(=O)[C@]1(O)C(C)=N[C@]23O[C@]4(C(=O)OC)C[C@H]2c2ccccc2[C@H]1N3C4=O. The average Bonchev–Trinajstić information content (AvgIpc) is 3.18. The molecule has 29 heavy (non-hydrogen) atoms. The first-order valence-corrected chi connectivity index (χ1v) is 9.45. The lowest BCUT2D eigenvalue weighted by atomic mass is 9.68.